The number of halogens is 1. The van der Waals surface area contributed by atoms with E-state index in [0.717, 1.165) is 10.7 Å². The summed E-state index contributed by atoms with van der Waals surface area (Å²) in [5.74, 6) is 0.685. The maximum Gasteiger partial charge on any atom is 0.243 e. The number of nitrogens with one attached hydrogen (secondary N) is 2. The second kappa shape index (κ2) is 8.99. The van der Waals surface area contributed by atoms with Crippen LogP contribution in [-0.4, -0.2) is 61.8 Å². The Kier molecular flexibility index (Phi) is 6.59. The van der Waals surface area contributed by atoms with Gasteiger partial charge in [0.1, 0.15) is 5.02 Å². The fourth-order valence-corrected chi connectivity index (χ4v) is 4.13. The van der Waals surface area contributed by atoms with Crippen LogP contribution in [0.1, 0.15) is 6.42 Å². The van der Waals surface area contributed by atoms with Crippen molar-refractivity contribution in [2.75, 3.05) is 37.4 Å². The lowest BCUT2D eigenvalue weighted by molar-refractivity contribution is -0.117. The fraction of sp³-hybridized carbons (Fsp3) is 0.316. The van der Waals surface area contributed by atoms with E-state index in [1.807, 2.05) is 4.90 Å². The first-order valence-electron chi connectivity index (χ1n) is 9.20. The summed E-state index contributed by atoms with van der Waals surface area (Å²) in [5, 5.41) is 6.34. The molecular weight excluding hydrogens is 428 g/mol. The highest BCUT2D eigenvalue weighted by Gasteiger charge is 2.26. The van der Waals surface area contributed by atoms with Crippen LogP contribution < -0.4 is 15.5 Å². The van der Waals surface area contributed by atoms with Crippen molar-refractivity contribution in [3.8, 4) is 0 Å². The normalized spacial score (nSPS) is 16.5. The molecule has 1 aliphatic heterocycles. The largest absolute Gasteiger partial charge is 0.353 e. The minimum Gasteiger partial charge on any atom is -0.353 e. The van der Waals surface area contributed by atoms with Crippen LogP contribution in [0, 0.1) is 0 Å². The van der Waals surface area contributed by atoms with Crippen molar-refractivity contribution < 1.29 is 13.2 Å². The Hall–Kier alpha value is -2.69. The quantitative estimate of drug-likeness (QED) is 0.621. The number of amides is 1. The minimum absolute atomic E-state index is 0.0101. The molecule has 2 aromatic rings. The third kappa shape index (κ3) is 4.89. The van der Waals surface area contributed by atoms with Crippen LogP contribution in [0.3, 0.4) is 0 Å². The van der Waals surface area contributed by atoms with Crippen molar-refractivity contribution in [2.45, 2.75) is 17.4 Å². The van der Waals surface area contributed by atoms with E-state index >= 15 is 0 Å². The maximum absolute atomic E-state index is 12.2. The molecule has 0 bridgehead atoms. The molecule has 0 spiro atoms. The van der Waals surface area contributed by atoms with Crippen molar-refractivity contribution in [1.29, 1.82) is 0 Å². The summed E-state index contributed by atoms with van der Waals surface area (Å²) in [7, 11) is -0.527. The van der Waals surface area contributed by atoms with E-state index in [9.17, 15) is 13.2 Å². The number of aromatic nitrogens is 2. The highest BCUT2D eigenvalue weighted by Crippen LogP contribution is 2.28. The molecule has 160 valence electrons. The van der Waals surface area contributed by atoms with Gasteiger partial charge in [-0.15, -0.1) is 0 Å². The number of carbonyl (C=O) groups is 1. The lowest BCUT2D eigenvalue weighted by Crippen LogP contribution is -2.36. The Morgan fingerprint density at radius 2 is 2.03 bits per heavy atom. The van der Waals surface area contributed by atoms with Crippen molar-refractivity contribution in [2.24, 2.45) is 0 Å². The van der Waals surface area contributed by atoms with E-state index in [2.05, 4.69) is 27.2 Å². The Balaban J connectivity index is 1.73. The Labute approximate surface area is 180 Å². The molecule has 2 N–H and O–H groups in total. The van der Waals surface area contributed by atoms with Crippen LogP contribution >= 0.6 is 11.6 Å². The molecule has 1 atom stereocenters. The van der Waals surface area contributed by atoms with Gasteiger partial charge in [-0.25, -0.2) is 17.7 Å². The van der Waals surface area contributed by atoms with Crippen LogP contribution in [0.4, 0.5) is 17.5 Å². The van der Waals surface area contributed by atoms with Crippen molar-refractivity contribution >= 4 is 45.0 Å². The molecular formula is C19H23ClN6O3S. The predicted molar refractivity (Wildman–Crippen MR) is 117 cm³/mol. The summed E-state index contributed by atoms with van der Waals surface area (Å²) in [6.07, 6.45) is 3.52. The second-order valence-electron chi connectivity index (χ2n) is 6.95. The SMILES string of the molecule is C=CC(=O)N[C@@H]1CCN(c2nc(Nc3ccc(S(=O)(=O)N(C)C)cc3)ncc2Cl)C1. The second-order valence-corrected chi connectivity index (χ2v) is 9.51. The third-order valence-electron chi connectivity index (χ3n) is 4.63. The molecule has 30 heavy (non-hydrogen) atoms. The van der Waals surface area contributed by atoms with E-state index in [1.165, 1.54) is 38.5 Å². The molecule has 1 aromatic heterocycles. The van der Waals surface area contributed by atoms with Gasteiger partial charge in [-0.3, -0.25) is 4.79 Å². The van der Waals surface area contributed by atoms with E-state index in [0.29, 0.717) is 35.6 Å². The number of hydrogen-bond donors (Lipinski definition) is 2. The Bertz CT molecular complexity index is 1040. The highest BCUT2D eigenvalue weighted by molar-refractivity contribution is 7.89. The zero-order valence-corrected chi connectivity index (χ0v) is 18.2. The van der Waals surface area contributed by atoms with Gasteiger partial charge in [-0.05, 0) is 36.8 Å². The molecule has 0 saturated carbocycles. The number of sulfonamides is 1. The number of hydrogen-bond acceptors (Lipinski definition) is 7. The molecule has 3 rings (SSSR count). The first kappa shape index (κ1) is 22.0. The molecule has 11 heteroatoms. The van der Waals surface area contributed by atoms with E-state index in [1.54, 1.807) is 12.1 Å². The summed E-state index contributed by atoms with van der Waals surface area (Å²) in [5.41, 5.74) is 0.638. The van der Waals surface area contributed by atoms with Gasteiger partial charge in [0.05, 0.1) is 11.1 Å². The van der Waals surface area contributed by atoms with E-state index < -0.39 is 10.0 Å². The standard InChI is InChI=1S/C19H23ClN6O3S/c1-4-17(27)22-14-9-10-26(12-14)18-16(20)11-21-19(24-18)23-13-5-7-15(8-6-13)30(28,29)25(2)3/h4-8,11,14H,1,9-10,12H2,2-3H3,(H,22,27)(H,21,23,24)/t14-/m1/s1. The average molecular weight is 451 g/mol. The van der Waals surface area contributed by atoms with Gasteiger partial charge in [0.2, 0.25) is 21.9 Å². The van der Waals surface area contributed by atoms with Gasteiger partial charge in [0.25, 0.3) is 0 Å². The molecule has 1 aromatic carbocycles. The predicted octanol–water partition coefficient (Wildman–Crippen LogP) is 2.00. The van der Waals surface area contributed by atoms with Crippen LogP contribution in [-0.2, 0) is 14.8 Å². The zero-order valence-electron chi connectivity index (χ0n) is 16.7. The lowest BCUT2D eigenvalue weighted by atomic mass is 10.2. The summed E-state index contributed by atoms with van der Waals surface area (Å²) in [6.45, 7) is 4.73. The number of carbonyl (C=O) groups excluding carboxylic acids is 1. The van der Waals surface area contributed by atoms with Gasteiger partial charge in [0, 0.05) is 38.9 Å². The molecule has 0 aliphatic carbocycles. The van der Waals surface area contributed by atoms with E-state index in [-0.39, 0.29) is 16.8 Å². The first-order chi connectivity index (χ1) is 14.2. The van der Waals surface area contributed by atoms with Gasteiger partial charge >= 0.3 is 0 Å². The number of nitrogens with zero attached hydrogens (tertiary/aromatic N) is 4. The molecule has 1 aliphatic rings. The average Bonchev–Trinajstić information content (AvgIpc) is 3.17. The first-order valence-corrected chi connectivity index (χ1v) is 11.0. The summed E-state index contributed by atoms with van der Waals surface area (Å²) < 4.78 is 25.5. The third-order valence-corrected chi connectivity index (χ3v) is 6.73. The van der Waals surface area contributed by atoms with Crippen LogP contribution in [0.5, 0.6) is 0 Å². The van der Waals surface area contributed by atoms with Gasteiger partial charge in [0.15, 0.2) is 5.82 Å². The Morgan fingerprint density at radius 3 is 2.67 bits per heavy atom. The molecule has 2 heterocycles. The number of benzene rings is 1. The van der Waals surface area contributed by atoms with Gasteiger partial charge in [-0.2, -0.15) is 4.98 Å². The molecule has 1 amide bonds. The lowest BCUT2D eigenvalue weighted by Gasteiger charge is -2.19. The fourth-order valence-electron chi connectivity index (χ4n) is 3.02. The van der Waals surface area contributed by atoms with Gasteiger partial charge < -0.3 is 15.5 Å². The molecule has 1 saturated heterocycles. The van der Waals surface area contributed by atoms with Gasteiger partial charge in [-0.1, -0.05) is 18.2 Å². The number of anilines is 3. The molecule has 0 radical (unpaired) electrons. The Morgan fingerprint density at radius 1 is 1.33 bits per heavy atom. The van der Waals surface area contributed by atoms with Crippen molar-refractivity contribution in [3.05, 3.63) is 48.1 Å². The molecule has 0 unspecified atom stereocenters. The monoisotopic (exact) mass is 450 g/mol. The summed E-state index contributed by atoms with van der Waals surface area (Å²) >= 11 is 6.29. The zero-order chi connectivity index (χ0) is 21.9. The summed E-state index contributed by atoms with van der Waals surface area (Å²) in [4.78, 5) is 22.4. The topological polar surface area (TPSA) is 108 Å². The smallest absolute Gasteiger partial charge is 0.243 e. The number of rotatable bonds is 7. The molecule has 1 fully saturated rings. The van der Waals surface area contributed by atoms with Crippen LogP contribution in [0.25, 0.3) is 0 Å². The van der Waals surface area contributed by atoms with Crippen LogP contribution in [0.15, 0.2) is 48.0 Å². The summed E-state index contributed by atoms with van der Waals surface area (Å²) in [6, 6.07) is 6.31. The highest BCUT2D eigenvalue weighted by atomic mass is 35.5. The van der Waals surface area contributed by atoms with Crippen molar-refractivity contribution in [1.82, 2.24) is 19.6 Å². The minimum atomic E-state index is -3.49. The maximum atomic E-state index is 12.2. The van der Waals surface area contributed by atoms with Crippen molar-refractivity contribution in [3.63, 3.8) is 0 Å². The van der Waals surface area contributed by atoms with Crippen LogP contribution in [0.2, 0.25) is 5.02 Å². The van der Waals surface area contributed by atoms with E-state index in [4.69, 9.17) is 11.6 Å². The molecule has 9 nitrogen and oxygen atoms in total.